The third-order valence-corrected chi connectivity index (χ3v) is 6.33. The van der Waals surface area contributed by atoms with Gasteiger partial charge in [-0.15, -0.1) is 0 Å². The predicted octanol–water partition coefficient (Wildman–Crippen LogP) is 3.48. The number of carbonyl (C=O) groups excluding carboxylic acids is 2. The van der Waals surface area contributed by atoms with E-state index >= 15 is 0 Å². The normalized spacial score (nSPS) is 18.8. The molecule has 1 aliphatic heterocycles. The average molecular weight is 562 g/mol. The second-order valence-electron chi connectivity index (χ2n) is 8.90. The zero-order valence-electron chi connectivity index (χ0n) is 20.3. The number of nitrogens with two attached hydrogens (primary N) is 1. The molecule has 3 atom stereocenters. The van der Waals surface area contributed by atoms with Crippen LogP contribution in [0.5, 0.6) is 5.75 Å². The fourth-order valence-electron chi connectivity index (χ4n) is 4.23. The van der Waals surface area contributed by atoms with Gasteiger partial charge in [0.05, 0.1) is 31.0 Å². The molecule has 2 aromatic heterocycles. The van der Waals surface area contributed by atoms with E-state index in [2.05, 4.69) is 15.4 Å². The molecule has 9 nitrogen and oxygen atoms in total. The SMILES string of the molecule is COc1cc(C(=O)N[C@@H]2CN(C(=O)C(C)C(F)(F)F)C[C@@H]2F)cc(-c2cc(C(F)(F)F)c3c(N)ncnn23)c1. The monoisotopic (exact) mass is 562 g/mol. The number of halogens is 7. The van der Waals surface area contributed by atoms with Gasteiger partial charge in [0.25, 0.3) is 5.91 Å². The molecular weight excluding hydrogens is 541 g/mol. The van der Waals surface area contributed by atoms with Crippen molar-refractivity contribution in [1.82, 2.24) is 24.8 Å². The Kier molecular flexibility index (Phi) is 7.08. The van der Waals surface area contributed by atoms with Gasteiger partial charge in [0, 0.05) is 17.7 Å². The van der Waals surface area contributed by atoms with Crippen molar-refractivity contribution in [3.05, 3.63) is 41.7 Å². The highest BCUT2D eigenvalue weighted by Gasteiger charge is 2.46. The van der Waals surface area contributed by atoms with Gasteiger partial charge in [-0.1, -0.05) is 0 Å². The first kappa shape index (κ1) is 27.9. The van der Waals surface area contributed by atoms with Crippen molar-refractivity contribution in [3.8, 4) is 17.0 Å². The summed E-state index contributed by atoms with van der Waals surface area (Å²) < 4.78 is 101. The molecule has 1 aliphatic rings. The number of carbonyl (C=O) groups is 2. The lowest BCUT2D eigenvalue weighted by Gasteiger charge is -2.22. The molecule has 0 spiro atoms. The summed E-state index contributed by atoms with van der Waals surface area (Å²) in [5.41, 5.74) is 3.84. The zero-order valence-corrected chi connectivity index (χ0v) is 20.3. The summed E-state index contributed by atoms with van der Waals surface area (Å²) in [6, 6.07) is 3.23. The van der Waals surface area contributed by atoms with E-state index in [1.165, 1.54) is 25.3 Å². The van der Waals surface area contributed by atoms with Crippen LogP contribution in [-0.4, -0.2) is 69.9 Å². The van der Waals surface area contributed by atoms with Gasteiger partial charge in [-0.2, -0.15) is 31.4 Å². The number of benzene rings is 1. The largest absolute Gasteiger partial charge is 0.497 e. The van der Waals surface area contributed by atoms with Crippen LogP contribution in [0.25, 0.3) is 16.8 Å². The summed E-state index contributed by atoms with van der Waals surface area (Å²) in [6.45, 7) is -0.490. The van der Waals surface area contributed by atoms with E-state index in [-0.39, 0.29) is 22.6 Å². The summed E-state index contributed by atoms with van der Waals surface area (Å²) >= 11 is 0. The molecular formula is C23H21F7N6O3. The Labute approximate surface area is 215 Å². The Morgan fingerprint density at radius 1 is 1.13 bits per heavy atom. The van der Waals surface area contributed by atoms with E-state index in [4.69, 9.17) is 10.5 Å². The maximum atomic E-state index is 14.6. The first-order valence-corrected chi connectivity index (χ1v) is 11.3. The van der Waals surface area contributed by atoms with Crippen molar-refractivity contribution < 1.29 is 45.1 Å². The quantitative estimate of drug-likeness (QED) is 0.461. The van der Waals surface area contributed by atoms with Gasteiger partial charge >= 0.3 is 12.4 Å². The first-order chi connectivity index (χ1) is 18.1. The van der Waals surface area contributed by atoms with E-state index in [9.17, 15) is 40.3 Å². The van der Waals surface area contributed by atoms with Gasteiger partial charge < -0.3 is 20.7 Å². The number of methoxy groups -OCH3 is 1. The molecule has 4 rings (SSSR count). The number of hydrogen-bond acceptors (Lipinski definition) is 6. The van der Waals surface area contributed by atoms with Crippen LogP contribution in [0, 0.1) is 5.92 Å². The van der Waals surface area contributed by atoms with Crippen LogP contribution in [0.1, 0.15) is 22.8 Å². The number of nitrogen functional groups attached to an aromatic ring is 1. The Morgan fingerprint density at radius 3 is 2.44 bits per heavy atom. The van der Waals surface area contributed by atoms with Gasteiger partial charge in [-0.05, 0) is 31.2 Å². The van der Waals surface area contributed by atoms with Crippen molar-refractivity contribution >= 4 is 23.1 Å². The van der Waals surface area contributed by atoms with Crippen LogP contribution < -0.4 is 15.8 Å². The van der Waals surface area contributed by atoms with Crippen molar-refractivity contribution in [2.45, 2.75) is 31.5 Å². The number of rotatable bonds is 5. The molecule has 1 saturated heterocycles. The molecule has 0 aliphatic carbocycles. The second kappa shape index (κ2) is 9.89. The third kappa shape index (κ3) is 5.40. The molecule has 2 amide bonds. The van der Waals surface area contributed by atoms with Crippen LogP contribution in [0.2, 0.25) is 0 Å². The molecule has 1 fully saturated rings. The third-order valence-electron chi connectivity index (χ3n) is 6.33. The number of amides is 2. The molecule has 0 bridgehead atoms. The number of fused-ring (bicyclic) bond motifs is 1. The smallest absolute Gasteiger partial charge is 0.418 e. The average Bonchev–Trinajstić information content (AvgIpc) is 3.44. The van der Waals surface area contributed by atoms with Crippen LogP contribution in [0.15, 0.2) is 30.6 Å². The Hall–Kier alpha value is -4.11. The minimum atomic E-state index is -4.81. The molecule has 0 saturated carbocycles. The van der Waals surface area contributed by atoms with E-state index in [0.29, 0.717) is 11.8 Å². The lowest BCUT2D eigenvalue weighted by Crippen LogP contribution is -2.43. The van der Waals surface area contributed by atoms with E-state index < -0.39 is 72.3 Å². The fraction of sp³-hybridized carbons (Fsp3) is 0.391. The molecule has 3 N–H and O–H groups in total. The van der Waals surface area contributed by atoms with Crippen molar-refractivity contribution in [2.75, 3.05) is 25.9 Å². The summed E-state index contributed by atoms with van der Waals surface area (Å²) in [5.74, 6) is -4.95. The number of hydrogen-bond donors (Lipinski definition) is 2. The molecule has 3 aromatic rings. The lowest BCUT2D eigenvalue weighted by molar-refractivity contribution is -0.185. The van der Waals surface area contributed by atoms with Crippen LogP contribution >= 0.6 is 0 Å². The highest BCUT2D eigenvalue weighted by molar-refractivity contribution is 5.96. The molecule has 210 valence electrons. The van der Waals surface area contributed by atoms with Gasteiger partial charge in [0.2, 0.25) is 5.91 Å². The molecule has 1 aromatic carbocycles. The molecule has 1 unspecified atom stereocenters. The number of anilines is 1. The summed E-state index contributed by atoms with van der Waals surface area (Å²) in [6.07, 6.45) is -10.5. The van der Waals surface area contributed by atoms with Crippen molar-refractivity contribution in [1.29, 1.82) is 0 Å². The Bertz CT molecular complexity index is 1420. The second-order valence-corrected chi connectivity index (χ2v) is 8.90. The maximum absolute atomic E-state index is 14.6. The van der Waals surface area contributed by atoms with Gasteiger partial charge in [-0.25, -0.2) is 13.9 Å². The number of likely N-dealkylation sites (tertiary alicyclic amines) is 1. The molecule has 0 radical (unpaired) electrons. The predicted molar refractivity (Wildman–Crippen MR) is 122 cm³/mol. The Morgan fingerprint density at radius 2 is 1.82 bits per heavy atom. The van der Waals surface area contributed by atoms with Crippen molar-refractivity contribution in [2.24, 2.45) is 5.92 Å². The number of alkyl halides is 7. The highest BCUT2D eigenvalue weighted by atomic mass is 19.4. The maximum Gasteiger partial charge on any atom is 0.418 e. The van der Waals surface area contributed by atoms with E-state index in [0.717, 1.165) is 16.9 Å². The summed E-state index contributed by atoms with van der Waals surface area (Å²) in [4.78, 5) is 29.4. The molecule has 16 heteroatoms. The van der Waals surface area contributed by atoms with Gasteiger partial charge in [0.15, 0.2) is 5.82 Å². The highest BCUT2D eigenvalue weighted by Crippen LogP contribution is 2.39. The molecule has 39 heavy (non-hydrogen) atoms. The lowest BCUT2D eigenvalue weighted by atomic mass is 10.1. The summed E-state index contributed by atoms with van der Waals surface area (Å²) in [7, 11) is 1.25. The van der Waals surface area contributed by atoms with Crippen LogP contribution in [-0.2, 0) is 11.0 Å². The topological polar surface area (TPSA) is 115 Å². The van der Waals surface area contributed by atoms with Crippen LogP contribution in [0.3, 0.4) is 0 Å². The molecule has 3 heterocycles. The zero-order chi connectivity index (χ0) is 28.9. The van der Waals surface area contributed by atoms with Gasteiger partial charge in [0.1, 0.15) is 29.7 Å². The first-order valence-electron chi connectivity index (χ1n) is 11.3. The van der Waals surface area contributed by atoms with E-state index in [1.807, 2.05) is 0 Å². The number of aromatic nitrogens is 3. The fourth-order valence-corrected chi connectivity index (χ4v) is 4.23. The number of nitrogens with zero attached hydrogens (tertiary/aromatic N) is 4. The van der Waals surface area contributed by atoms with Gasteiger partial charge in [-0.3, -0.25) is 9.59 Å². The standard InChI is InChI=1S/C23H21F7N6O3/c1-10(22(25,26)27)21(38)35-7-15(24)16(8-35)34-20(37)12-3-11(4-13(5-12)39-2)17-6-14(23(28,29)30)18-19(31)32-9-33-36(17)18/h3-6,9-10,15-16H,7-8H2,1-2H3,(H,34,37)(H2,31,32,33)/t10?,15-,16+/m0/s1. The van der Waals surface area contributed by atoms with Crippen molar-refractivity contribution in [3.63, 3.8) is 0 Å². The minimum absolute atomic E-state index is 0.0575. The van der Waals surface area contributed by atoms with Crippen LogP contribution in [0.4, 0.5) is 36.6 Å². The summed E-state index contributed by atoms with van der Waals surface area (Å²) in [5, 5.41) is 6.19. The van der Waals surface area contributed by atoms with E-state index in [1.54, 1.807) is 0 Å². The number of nitrogens with one attached hydrogen (secondary N) is 1. The number of ether oxygens (including phenoxy) is 1. The minimum Gasteiger partial charge on any atom is -0.497 e. The Balaban J connectivity index is 1.65.